The molecule has 1 aliphatic carbocycles. The standard InChI is InChI=1S/C15H19F2N3O2/c16-12-6-3-7-13(17)11(12)8-20(10-4-1-2-5-10)9-14(21)19-15(18)22/h3,6-7,10H,1-2,4-5,8-9H2,(H3,18,19,21,22). The van der Waals surface area contributed by atoms with Crippen LogP contribution in [0.3, 0.4) is 0 Å². The van der Waals surface area contributed by atoms with Crippen LogP contribution in [0.15, 0.2) is 18.2 Å². The summed E-state index contributed by atoms with van der Waals surface area (Å²) in [6.07, 6.45) is 3.75. The molecule has 0 radical (unpaired) electrons. The van der Waals surface area contributed by atoms with E-state index in [1.165, 1.54) is 18.2 Å². The lowest BCUT2D eigenvalue weighted by molar-refractivity contribution is -0.121. The smallest absolute Gasteiger partial charge is 0.318 e. The fraction of sp³-hybridized carbons (Fsp3) is 0.467. The van der Waals surface area contributed by atoms with Crippen LogP contribution in [-0.2, 0) is 11.3 Å². The third kappa shape index (κ3) is 4.24. The zero-order valence-electron chi connectivity index (χ0n) is 12.1. The van der Waals surface area contributed by atoms with Gasteiger partial charge in [-0.25, -0.2) is 13.6 Å². The maximum atomic E-state index is 13.8. The maximum absolute atomic E-state index is 13.8. The lowest BCUT2D eigenvalue weighted by Crippen LogP contribution is -2.45. The van der Waals surface area contributed by atoms with Gasteiger partial charge < -0.3 is 5.73 Å². The molecular weight excluding hydrogens is 292 g/mol. The Labute approximate surface area is 127 Å². The number of rotatable bonds is 5. The third-order valence-electron chi connectivity index (χ3n) is 3.87. The van der Waals surface area contributed by atoms with Gasteiger partial charge in [-0.3, -0.25) is 15.0 Å². The number of nitrogens with two attached hydrogens (primary N) is 1. The van der Waals surface area contributed by atoms with Gasteiger partial charge in [0.1, 0.15) is 11.6 Å². The summed E-state index contributed by atoms with van der Waals surface area (Å²) in [4.78, 5) is 24.2. The summed E-state index contributed by atoms with van der Waals surface area (Å²) in [5.41, 5.74) is 4.85. The first-order valence-corrected chi connectivity index (χ1v) is 7.23. The van der Waals surface area contributed by atoms with E-state index in [4.69, 9.17) is 5.73 Å². The highest BCUT2D eigenvalue weighted by Crippen LogP contribution is 2.26. The average Bonchev–Trinajstić information content (AvgIpc) is 2.94. The number of nitrogens with zero attached hydrogens (tertiary/aromatic N) is 1. The summed E-state index contributed by atoms with van der Waals surface area (Å²) >= 11 is 0. The molecule has 1 fully saturated rings. The van der Waals surface area contributed by atoms with E-state index in [1.807, 2.05) is 5.32 Å². The van der Waals surface area contributed by atoms with Gasteiger partial charge in [0, 0.05) is 18.2 Å². The number of primary amides is 1. The number of halogens is 2. The number of benzene rings is 1. The molecule has 1 saturated carbocycles. The number of carbonyl (C=O) groups is 2. The van der Waals surface area contributed by atoms with Gasteiger partial charge >= 0.3 is 6.03 Å². The Bertz CT molecular complexity index is 539. The Morgan fingerprint density at radius 2 is 1.82 bits per heavy atom. The molecule has 0 unspecified atom stereocenters. The molecule has 7 heteroatoms. The van der Waals surface area contributed by atoms with E-state index in [1.54, 1.807) is 4.90 Å². The normalized spacial score (nSPS) is 15.2. The van der Waals surface area contributed by atoms with Crippen molar-refractivity contribution in [1.82, 2.24) is 10.2 Å². The zero-order valence-corrected chi connectivity index (χ0v) is 12.1. The fourth-order valence-electron chi connectivity index (χ4n) is 2.83. The molecule has 0 saturated heterocycles. The van der Waals surface area contributed by atoms with Crippen molar-refractivity contribution in [2.24, 2.45) is 5.73 Å². The minimum atomic E-state index is -0.937. The Hall–Kier alpha value is -2.02. The molecule has 0 aromatic heterocycles. The maximum Gasteiger partial charge on any atom is 0.318 e. The highest BCUT2D eigenvalue weighted by molar-refractivity contribution is 5.94. The molecule has 1 aromatic carbocycles. The van der Waals surface area contributed by atoms with Crippen LogP contribution in [0.5, 0.6) is 0 Å². The number of urea groups is 1. The van der Waals surface area contributed by atoms with Gasteiger partial charge in [0.05, 0.1) is 6.54 Å². The summed E-state index contributed by atoms with van der Waals surface area (Å²) in [7, 11) is 0. The predicted octanol–water partition coefficient (Wildman–Crippen LogP) is 1.90. The third-order valence-corrected chi connectivity index (χ3v) is 3.87. The molecule has 22 heavy (non-hydrogen) atoms. The number of nitrogens with one attached hydrogen (secondary N) is 1. The van der Waals surface area contributed by atoms with Crippen LogP contribution in [-0.4, -0.2) is 29.4 Å². The van der Waals surface area contributed by atoms with E-state index in [9.17, 15) is 18.4 Å². The van der Waals surface area contributed by atoms with E-state index in [0.29, 0.717) is 0 Å². The summed E-state index contributed by atoms with van der Waals surface area (Å²) in [6, 6.07) is 2.81. The number of hydrogen-bond donors (Lipinski definition) is 2. The van der Waals surface area contributed by atoms with Crippen molar-refractivity contribution in [3.8, 4) is 0 Å². The molecule has 0 aliphatic heterocycles. The largest absolute Gasteiger partial charge is 0.351 e. The Morgan fingerprint density at radius 1 is 1.23 bits per heavy atom. The first kappa shape index (κ1) is 16.4. The molecule has 0 heterocycles. The minimum absolute atomic E-state index is 0.0185. The summed E-state index contributed by atoms with van der Waals surface area (Å²) in [5, 5.41) is 1.98. The van der Waals surface area contributed by atoms with E-state index in [2.05, 4.69) is 0 Å². The van der Waals surface area contributed by atoms with E-state index >= 15 is 0 Å². The number of imide groups is 1. The van der Waals surface area contributed by atoms with Crippen LogP contribution in [0.1, 0.15) is 31.2 Å². The molecule has 120 valence electrons. The first-order valence-electron chi connectivity index (χ1n) is 7.23. The van der Waals surface area contributed by atoms with Gasteiger partial charge in [-0.2, -0.15) is 0 Å². The summed E-state index contributed by atoms with van der Waals surface area (Å²) in [5.74, 6) is -1.85. The van der Waals surface area contributed by atoms with Crippen LogP contribution >= 0.6 is 0 Å². The molecule has 0 bridgehead atoms. The fourth-order valence-corrected chi connectivity index (χ4v) is 2.83. The molecule has 0 atom stereocenters. The molecular formula is C15H19F2N3O2. The van der Waals surface area contributed by atoms with Crippen molar-refractivity contribution in [2.75, 3.05) is 6.54 Å². The van der Waals surface area contributed by atoms with Crippen molar-refractivity contribution in [1.29, 1.82) is 0 Å². The Morgan fingerprint density at radius 3 is 2.36 bits per heavy atom. The van der Waals surface area contributed by atoms with Gasteiger partial charge in [-0.1, -0.05) is 18.9 Å². The molecule has 1 aromatic rings. The van der Waals surface area contributed by atoms with Crippen LogP contribution in [0.25, 0.3) is 0 Å². The van der Waals surface area contributed by atoms with E-state index < -0.39 is 23.6 Å². The zero-order chi connectivity index (χ0) is 16.1. The van der Waals surface area contributed by atoms with Crippen molar-refractivity contribution < 1.29 is 18.4 Å². The molecule has 1 aliphatic rings. The van der Waals surface area contributed by atoms with Gasteiger partial charge in [0.25, 0.3) is 0 Å². The highest BCUT2D eigenvalue weighted by atomic mass is 19.1. The van der Waals surface area contributed by atoms with E-state index in [0.717, 1.165) is 25.7 Å². The topological polar surface area (TPSA) is 75.4 Å². The second kappa shape index (κ2) is 7.31. The second-order valence-corrected chi connectivity index (χ2v) is 5.46. The van der Waals surface area contributed by atoms with Gasteiger partial charge in [-0.05, 0) is 25.0 Å². The lowest BCUT2D eigenvalue weighted by Gasteiger charge is -2.28. The van der Waals surface area contributed by atoms with Crippen LogP contribution in [0, 0.1) is 11.6 Å². The highest BCUT2D eigenvalue weighted by Gasteiger charge is 2.26. The lowest BCUT2D eigenvalue weighted by atomic mass is 10.1. The van der Waals surface area contributed by atoms with Crippen LogP contribution in [0.2, 0.25) is 0 Å². The first-order chi connectivity index (χ1) is 10.5. The summed E-state index contributed by atoms with van der Waals surface area (Å²) in [6.45, 7) is -0.142. The molecule has 5 nitrogen and oxygen atoms in total. The Balaban J connectivity index is 2.13. The molecule has 3 amide bonds. The van der Waals surface area contributed by atoms with Crippen molar-refractivity contribution in [3.05, 3.63) is 35.4 Å². The van der Waals surface area contributed by atoms with Crippen LogP contribution in [0.4, 0.5) is 13.6 Å². The molecule has 3 N–H and O–H groups in total. The van der Waals surface area contributed by atoms with Crippen LogP contribution < -0.4 is 11.1 Å². The Kier molecular flexibility index (Phi) is 5.43. The molecule has 0 spiro atoms. The van der Waals surface area contributed by atoms with Gasteiger partial charge in [0.15, 0.2) is 0 Å². The molecule has 2 rings (SSSR count). The van der Waals surface area contributed by atoms with Crippen molar-refractivity contribution in [3.63, 3.8) is 0 Å². The predicted molar refractivity (Wildman–Crippen MR) is 76.8 cm³/mol. The quantitative estimate of drug-likeness (QED) is 0.872. The van der Waals surface area contributed by atoms with Gasteiger partial charge in [-0.15, -0.1) is 0 Å². The van der Waals surface area contributed by atoms with Crippen molar-refractivity contribution in [2.45, 2.75) is 38.3 Å². The monoisotopic (exact) mass is 311 g/mol. The summed E-state index contributed by atoms with van der Waals surface area (Å²) < 4.78 is 27.6. The second-order valence-electron chi connectivity index (χ2n) is 5.46. The minimum Gasteiger partial charge on any atom is -0.351 e. The average molecular weight is 311 g/mol. The van der Waals surface area contributed by atoms with Crippen molar-refractivity contribution >= 4 is 11.9 Å². The number of hydrogen-bond acceptors (Lipinski definition) is 3. The van der Waals surface area contributed by atoms with Gasteiger partial charge in [0.2, 0.25) is 5.91 Å². The SMILES string of the molecule is NC(=O)NC(=O)CN(Cc1c(F)cccc1F)C1CCCC1. The number of carbonyl (C=O) groups excluding carboxylic acids is 2. The van der Waals surface area contributed by atoms with E-state index in [-0.39, 0.29) is 24.7 Å². The number of amides is 3.